The van der Waals surface area contributed by atoms with E-state index in [0.29, 0.717) is 81.7 Å². The first-order valence-electron chi connectivity index (χ1n) is 28.6. The van der Waals surface area contributed by atoms with Crippen molar-refractivity contribution in [2.24, 2.45) is 46.3 Å². The van der Waals surface area contributed by atoms with Crippen LogP contribution in [0, 0.1) is 58.0 Å². The summed E-state index contributed by atoms with van der Waals surface area (Å²) in [6, 6.07) is 17.9. The van der Waals surface area contributed by atoms with Crippen LogP contribution in [0.3, 0.4) is 0 Å². The standard InChI is InChI=1S/C61H72B2F2N6O9/c1-31(2)19-49(62-77-53-39-27-37(58(39,5)6)29-60(53,9)79-62)70-51(72)23-33-11-17-47-45(21-33)66-55(75-47)35-13-15-43(41(64)25-35)68-57(74)69-44-16-14-36(26-42(44)65)56-67-46-22-34(12-18-48(46)76-56)24-52(73)71-50(20-32(3)4)63-78-54-40-28-38(59(40,7)8)30-61(54,10)80-63/h11-18,21-22,25-26,31-32,37-40,49-50,53-54H,19-20,23-24,27-30H2,1-10H3,(H,70,72)(H,71,73)(H2,68,69,74)/t37-,38+,39+,40-,49?,50?,53-,54+,60+,61-. The molecule has 4 heterocycles. The Morgan fingerprint density at radius 1 is 0.600 bits per heavy atom. The van der Waals surface area contributed by atoms with Gasteiger partial charge in [0, 0.05) is 11.1 Å². The first-order valence-corrected chi connectivity index (χ1v) is 28.6. The Hall–Kier alpha value is -6.14. The molecule has 2 aliphatic heterocycles. The van der Waals surface area contributed by atoms with Crippen LogP contribution in [0.5, 0.6) is 0 Å². The highest BCUT2D eigenvalue weighted by atomic mass is 19.1. The van der Waals surface area contributed by atoms with Crippen molar-refractivity contribution < 1.29 is 50.6 Å². The number of nitrogens with zero attached hydrogens (tertiary/aromatic N) is 2. The predicted octanol–water partition coefficient (Wildman–Crippen LogP) is 11.9. The largest absolute Gasteiger partial charge is 0.481 e. The van der Waals surface area contributed by atoms with Gasteiger partial charge in [-0.1, -0.05) is 67.5 Å². The maximum absolute atomic E-state index is 15.6. The number of carbonyl (C=O) groups excluding carboxylic acids is 3. The van der Waals surface area contributed by atoms with Gasteiger partial charge in [0.1, 0.15) is 22.7 Å². The van der Waals surface area contributed by atoms with Crippen molar-refractivity contribution in [1.29, 1.82) is 0 Å². The van der Waals surface area contributed by atoms with Crippen LogP contribution in [0.2, 0.25) is 0 Å². The van der Waals surface area contributed by atoms with Crippen LogP contribution in [0.4, 0.5) is 25.0 Å². The number of amides is 4. The summed E-state index contributed by atoms with van der Waals surface area (Å²) in [5.41, 5.74) is 3.37. The number of oxazole rings is 2. The van der Waals surface area contributed by atoms with Crippen molar-refractivity contribution in [2.75, 3.05) is 10.6 Å². The molecule has 4 N–H and O–H groups in total. The fourth-order valence-electron chi connectivity index (χ4n) is 14.4. The van der Waals surface area contributed by atoms with Crippen molar-refractivity contribution in [2.45, 2.75) is 156 Å². The molecule has 4 aromatic carbocycles. The van der Waals surface area contributed by atoms with Gasteiger partial charge in [0.15, 0.2) is 11.2 Å². The Morgan fingerprint density at radius 3 is 1.39 bits per heavy atom. The minimum atomic E-state index is -0.877. The summed E-state index contributed by atoms with van der Waals surface area (Å²) in [6.07, 6.45) is 5.83. The van der Waals surface area contributed by atoms with Gasteiger partial charge in [-0.25, -0.2) is 23.5 Å². The molecule has 10 atom stereocenters. The summed E-state index contributed by atoms with van der Waals surface area (Å²) in [5.74, 6) is 0.487. The Morgan fingerprint density at radius 2 is 1.01 bits per heavy atom. The third-order valence-corrected chi connectivity index (χ3v) is 19.0. The zero-order chi connectivity index (χ0) is 56.4. The lowest BCUT2D eigenvalue weighted by Gasteiger charge is -2.63. The molecule has 6 saturated carbocycles. The number of halogens is 2. The Balaban J connectivity index is 0.641. The van der Waals surface area contributed by atoms with E-state index in [0.717, 1.165) is 36.8 Å². The minimum Gasteiger partial charge on any atom is -0.436 e. The summed E-state index contributed by atoms with van der Waals surface area (Å²) in [4.78, 5) is 49.5. The molecule has 420 valence electrons. The number of hydrogen-bond donors (Lipinski definition) is 4. The average molecular weight is 1090 g/mol. The Kier molecular flexibility index (Phi) is 13.7. The molecular weight excluding hydrogens is 1020 g/mol. The first-order chi connectivity index (χ1) is 37.9. The number of carbonyl (C=O) groups is 3. The van der Waals surface area contributed by atoms with Gasteiger partial charge in [0.05, 0.1) is 59.5 Å². The van der Waals surface area contributed by atoms with Gasteiger partial charge in [-0.3, -0.25) is 9.59 Å². The zero-order valence-corrected chi connectivity index (χ0v) is 47.3. The molecule has 8 aliphatic rings. The second-order valence-electron chi connectivity index (χ2n) is 26.4. The summed E-state index contributed by atoms with van der Waals surface area (Å²) < 4.78 is 69.8. The molecule has 14 rings (SSSR count). The van der Waals surface area contributed by atoms with Gasteiger partial charge in [0.25, 0.3) is 0 Å². The maximum Gasteiger partial charge on any atom is 0.481 e. The summed E-state index contributed by atoms with van der Waals surface area (Å²) >= 11 is 0. The van der Waals surface area contributed by atoms with Crippen LogP contribution >= 0.6 is 0 Å². The van der Waals surface area contributed by atoms with Crippen LogP contribution in [0.1, 0.15) is 119 Å². The van der Waals surface area contributed by atoms with Gasteiger partial charge in [-0.05, 0) is 171 Å². The molecule has 4 amide bonds. The van der Waals surface area contributed by atoms with E-state index >= 15 is 8.78 Å². The number of rotatable bonds is 16. The Bertz CT molecular complexity index is 3200. The minimum absolute atomic E-state index is 0.00231. The van der Waals surface area contributed by atoms with Crippen LogP contribution in [-0.4, -0.2) is 77.3 Å². The molecule has 2 saturated heterocycles. The van der Waals surface area contributed by atoms with Gasteiger partial charge >= 0.3 is 20.3 Å². The van der Waals surface area contributed by atoms with E-state index < -0.39 is 31.9 Å². The zero-order valence-electron chi connectivity index (χ0n) is 47.3. The van der Waals surface area contributed by atoms with E-state index in [2.05, 4.69) is 100 Å². The summed E-state index contributed by atoms with van der Waals surface area (Å²) in [6.45, 7) is 22.1. The van der Waals surface area contributed by atoms with E-state index in [1.54, 1.807) is 48.5 Å². The number of anilines is 2. The molecule has 15 nitrogen and oxygen atoms in total. The molecule has 0 radical (unpaired) electrons. The van der Waals surface area contributed by atoms with Crippen molar-refractivity contribution in [3.63, 3.8) is 0 Å². The molecule has 8 fully saturated rings. The van der Waals surface area contributed by atoms with E-state index in [1.807, 2.05) is 0 Å². The van der Waals surface area contributed by atoms with E-state index in [1.165, 1.54) is 24.3 Å². The van der Waals surface area contributed by atoms with Gasteiger partial charge in [0.2, 0.25) is 23.6 Å². The van der Waals surface area contributed by atoms with Crippen molar-refractivity contribution >= 4 is 65.7 Å². The molecule has 6 aliphatic carbocycles. The van der Waals surface area contributed by atoms with E-state index in [9.17, 15) is 14.4 Å². The molecular formula is C61H72B2F2N6O9. The topological polar surface area (TPSA) is 188 Å². The highest BCUT2D eigenvalue weighted by Crippen LogP contribution is 2.66. The molecule has 2 unspecified atom stereocenters. The van der Waals surface area contributed by atoms with Crippen LogP contribution in [0.25, 0.3) is 45.1 Å². The van der Waals surface area contributed by atoms with Crippen molar-refractivity contribution in [1.82, 2.24) is 20.6 Å². The highest BCUT2D eigenvalue weighted by molar-refractivity contribution is 6.48. The van der Waals surface area contributed by atoms with Crippen LogP contribution in [0.15, 0.2) is 81.6 Å². The van der Waals surface area contributed by atoms with Gasteiger partial charge in [-0.15, -0.1) is 0 Å². The third kappa shape index (κ3) is 10.0. The van der Waals surface area contributed by atoms with Gasteiger partial charge in [-0.2, -0.15) is 0 Å². The van der Waals surface area contributed by atoms with Gasteiger partial charge < -0.3 is 48.7 Å². The Labute approximate surface area is 466 Å². The number of fused-ring (bicyclic) bond motifs is 2. The number of aromatic nitrogens is 2. The van der Waals surface area contributed by atoms with Crippen LogP contribution < -0.4 is 21.3 Å². The molecule has 80 heavy (non-hydrogen) atoms. The van der Waals surface area contributed by atoms with E-state index in [-0.39, 0.29) is 93.9 Å². The highest BCUT2D eigenvalue weighted by Gasteiger charge is 2.69. The lowest BCUT2D eigenvalue weighted by Crippen LogP contribution is -2.63. The smallest absolute Gasteiger partial charge is 0.436 e. The second kappa shape index (κ2) is 20.1. The lowest BCUT2D eigenvalue weighted by molar-refractivity contribution is -0.185. The predicted molar refractivity (Wildman–Crippen MR) is 302 cm³/mol. The monoisotopic (exact) mass is 1090 g/mol. The summed E-state index contributed by atoms with van der Waals surface area (Å²) in [7, 11) is -1.06. The number of benzene rings is 4. The lowest BCUT2D eigenvalue weighted by atomic mass is 9.45. The third-order valence-electron chi connectivity index (χ3n) is 19.0. The van der Waals surface area contributed by atoms with Crippen molar-refractivity contribution in [3.05, 3.63) is 95.6 Å². The fraction of sp³-hybridized carbons (Fsp3) is 0.525. The number of hydrogen-bond acceptors (Lipinski definition) is 11. The molecule has 2 aromatic heterocycles. The fourth-order valence-corrected chi connectivity index (χ4v) is 14.4. The molecule has 19 heteroatoms. The number of urea groups is 1. The summed E-state index contributed by atoms with van der Waals surface area (Å²) in [5, 5.41) is 11.3. The molecule has 0 spiro atoms. The van der Waals surface area contributed by atoms with Crippen LogP contribution in [-0.2, 0) is 41.0 Å². The average Bonchev–Trinajstić information content (AvgIpc) is 4.32. The maximum atomic E-state index is 15.6. The van der Waals surface area contributed by atoms with E-state index in [4.69, 9.17) is 27.5 Å². The SMILES string of the molecule is CC(C)CC(NC(=O)Cc1ccc2oc(-c3ccc(NC(=O)Nc4ccc(-c5nc6cc(CC(=O)NC(CC(C)C)B7O[C@@H]8[C@@H]9C[C@H](C[C@]8(C)O7)C9(C)C)ccc6o5)cc4F)c(F)c3)nc2c1)B1O[C@H]2[C@H]3C[C@@H](C[C@@]2(C)O1)C3(C)C. The molecule has 4 bridgehead atoms. The second-order valence-corrected chi connectivity index (χ2v) is 26.4. The van der Waals surface area contributed by atoms with Crippen molar-refractivity contribution in [3.8, 4) is 22.9 Å². The quantitative estimate of drug-likeness (QED) is 0.0675. The first kappa shape index (κ1) is 54.4. The number of nitrogens with one attached hydrogen (secondary N) is 4. The normalized spacial score (nSPS) is 27.6. The molecule has 6 aromatic rings.